The van der Waals surface area contributed by atoms with Crippen molar-refractivity contribution in [2.24, 2.45) is 5.73 Å². The van der Waals surface area contributed by atoms with E-state index in [1.807, 2.05) is 42.2 Å². The van der Waals surface area contributed by atoms with Crippen LogP contribution in [0.1, 0.15) is 29.0 Å². The average Bonchev–Trinajstić information content (AvgIpc) is 3.27. The number of aromatic nitrogens is 4. The van der Waals surface area contributed by atoms with Crippen LogP contribution in [0, 0.1) is 6.92 Å². The summed E-state index contributed by atoms with van der Waals surface area (Å²) in [6.07, 6.45) is 3.70. The van der Waals surface area contributed by atoms with Gasteiger partial charge in [0.1, 0.15) is 0 Å². The summed E-state index contributed by atoms with van der Waals surface area (Å²) in [7, 11) is 0. The van der Waals surface area contributed by atoms with E-state index in [0.717, 1.165) is 41.7 Å². The number of nitrogens with zero attached hydrogens (tertiary/aromatic N) is 5. The van der Waals surface area contributed by atoms with Crippen molar-refractivity contribution in [2.45, 2.75) is 25.8 Å². The molecule has 1 amide bonds. The molecule has 27 heavy (non-hydrogen) atoms. The molecule has 7 nitrogen and oxygen atoms in total. The molecule has 0 spiro atoms. The molecule has 4 rings (SSSR count). The molecule has 2 N–H and O–H groups in total. The Morgan fingerprint density at radius 2 is 2.11 bits per heavy atom. The number of rotatable bonds is 3. The van der Waals surface area contributed by atoms with Crippen molar-refractivity contribution in [3.05, 3.63) is 47.9 Å². The van der Waals surface area contributed by atoms with Crippen molar-refractivity contribution < 1.29 is 4.79 Å². The van der Waals surface area contributed by atoms with Crippen LogP contribution in [0.3, 0.4) is 0 Å². The van der Waals surface area contributed by atoms with Gasteiger partial charge in [0, 0.05) is 30.7 Å². The number of hydrogen-bond donors (Lipinski definition) is 1. The van der Waals surface area contributed by atoms with Crippen LogP contribution < -0.4 is 5.73 Å². The molecule has 1 atom stereocenters. The third-order valence-corrected chi connectivity index (χ3v) is 4.84. The van der Waals surface area contributed by atoms with Gasteiger partial charge in [-0.25, -0.2) is 4.68 Å². The first-order valence-electron chi connectivity index (χ1n) is 8.47. The van der Waals surface area contributed by atoms with Crippen molar-refractivity contribution in [3.63, 3.8) is 0 Å². The van der Waals surface area contributed by atoms with Crippen LogP contribution in [0.25, 0.3) is 16.6 Å². The highest BCUT2D eigenvalue weighted by molar-refractivity contribution is 5.94. The molecule has 3 heterocycles. The van der Waals surface area contributed by atoms with Gasteiger partial charge in [-0.1, -0.05) is 11.3 Å². The third-order valence-electron chi connectivity index (χ3n) is 4.84. The number of carbonyl (C=O) groups is 1. The quantitative estimate of drug-likeness (QED) is 0.718. The summed E-state index contributed by atoms with van der Waals surface area (Å²) < 4.78 is 1.70. The Morgan fingerprint density at radius 1 is 1.30 bits per heavy atom. The molecule has 1 aliphatic heterocycles. The zero-order valence-corrected chi connectivity index (χ0v) is 16.5. The topological polar surface area (TPSA) is 89.9 Å². The molecule has 0 aliphatic carbocycles. The maximum Gasteiger partial charge on any atom is 0.276 e. The zero-order valence-electron chi connectivity index (χ0n) is 14.9. The summed E-state index contributed by atoms with van der Waals surface area (Å²) >= 11 is 0. The number of carbonyl (C=O) groups excluding carboxylic acids is 1. The minimum absolute atomic E-state index is 0. The van der Waals surface area contributed by atoms with E-state index in [0.29, 0.717) is 12.2 Å². The van der Waals surface area contributed by atoms with Gasteiger partial charge in [0.05, 0.1) is 16.9 Å². The number of nitrogens with two attached hydrogens (primary N) is 1. The van der Waals surface area contributed by atoms with Gasteiger partial charge in [0.25, 0.3) is 5.91 Å². The molecular weight excluding hydrogens is 387 g/mol. The van der Waals surface area contributed by atoms with Crippen LogP contribution in [0.4, 0.5) is 0 Å². The van der Waals surface area contributed by atoms with Gasteiger partial charge >= 0.3 is 0 Å². The van der Waals surface area contributed by atoms with E-state index < -0.39 is 0 Å². The Labute approximate surface area is 169 Å². The van der Waals surface area contributed by atoms with Gasteiger partial charge < -0.3 is 10.6 Å². The Balaban J connectivity index is 0.00000131. The molecule has 0 saturated carbocycles. The molecule has 9 heteroatoms. The Kier molecular flexibility index (Phi) is 6.75. The van der Waals surface area contributed by atoms with Crippen LogP contribution in [0.15, 0.2) is 36.5 Å². The van der Waals surface area contributed by atoms with E-state index in [1.54, 1.807) is 10.9 Å². The van der Waals surface area contributed by atoms with E-state index >= 15 is 0 Å². The smallest absolute Gasteiger partial charge is 0.276 e. The SMILES string of the molecule is Cc1c(C(=O)N2CCCC2CN)nnn1-c1ccc2ncccc2c1.Cl.Cl. The number of benzene rings is 1. The fraction of sp³-hybridized carbons (Fsp3) is 0.333. The van der Waals surface area contributed by atoms with E-state index in [1.165, 1.54) is 0 Å². The molecule has 1 fully saturated rings. The predicted octanol–water partition coefficient (Wildman–Crippen LogP) is 2.53. The van der Waals surface area contributed by atoms with Crippen LogP contribution in [0.2, 0.25) is 0 Å². The second kappa shape index (κ2) is 8.65. The molecule has 1 unspecified atom stereocenters. The molecule has 2 aromatic heterocycles. The normalized spacial score (nSPS) is 16.1. The summed E-state index contributed by atoms with van der Waals surface area (Å²) in [6, 6.07) is 9.87. The Morgan fingerprint density at radius 3 is 2.89 bits per heavy atom. The van der Waals surface area contributed by atoms with Crippen LogP contribution >= 0.6 is 24.8 Å². The van der Waals surface area contributed by atoms with Gasteiger partial charge in [-0.05, 0) is 44.0 Å². The van der Waals surface area contributed by atoms with Gasteiger partial charge in [0.15, 0.2) is 5.69 Å². The monoisotopic (exact) mass is 408 g/mol. The minimum Gasteiger partial charge on any atom is -0.333 e. The maximum atomic E-state index is 12.8. The first-order chi connectivity index (χ1) is 12.2. The molecule has 1 saturated heterocycles. The summed E-state index contributed by atoms with van der Waals surface area (Å²) in [5.41, 5.74) is 8.70. The first kappa shape index (κ1) is 21.1. The number of likely N-dealkylation sites (tertiary alicyclic amines) is 1. The van der Waals surface area contributed by atoms with E-state index in [-0.39, 0.29) is 36.8 Å². The lowest BCUT2D eigenvalue weighted by Gasteiger charge is -2.22. The zero-order chi connectivity index (χ0) is 17.4. The van der Waals surface area contributed by atoms with Gasteiger partial charge in [0.2, 0.25) is 0 Å². The summed E-state index contributed by atoms with van der Waals surface area (Å²) in [6.45, 7) is 3.08. The molecular formula is C18H22Cl2N6O. The molecule has 0 radical (unpaired) electrons. The van der Waals surface area contributed by atoms with Crippen LogP contribution in [-0.4, -0.2) is 49.9 Å². The largest absolute Gasteiger partial charge is 0.333 e. The minimum atomic E-state index is -0.0841. The van der Waals surface area contributed by atoms with Crippen molar-refractivity contribution in [1.29, 1.82) is 0 Å². The average molecular weight is 409 g/mol. The highest BCUT2D eigenvalue weighted by atomic mass is 35.5. The number of halogens is 2. The van der Waals surface area contributed by atoms with Crippen LogP contribution in [0.5, 0.6) is 0 Å². The fourth-order valence-electron chi connectivity index (χ4n) is 3.45. The predicted molar refractivity (Wildman–Crippen MR) is 109 cm³/mol. The van der Waals surface area contributed by atoms with Crippen LogP contribution in [-0.2, 0) is 0 Å². The number of pyridine rings is 1. The Bertz CT molecular complexity index is 945. The number of fused-ring (bicyclic) bond motifs is 1. The fourth-order valence-corrected chi connectivity index (χ4v) is 3.45. The van der Waals surface area contributed by atoms with Crippen molar-refractivity contribution in [2.75, 3.05) is 13.1 Å². The number of amides is 1. The highest BCUT2D eigenvalue weighted by Crippen LogP contribution is 2.22. The van der Waals surface area contributed by atoms with Crippen molar-refractivity contribution in [3.8, 4) is 5.69 Å². The molecule has 144 valence electrons. The summed E-state index contributed by atoms with van der Waals surface area (Å²) in [5, 5.41) is 9.37. The maximum absolute atomic E-state index is 12.8. The Hall–Kier alpha value is -2.22. The lowest BCUT2D eigenvalue weighted by atomic mass is 10.2. The second-order valence-corrected chi connectivity index (χ2v) is 6.35. The number of hydrogen-bond acceptors (Lipinski definition) is 5. The molecule has 3 aromatic rings. The summed E-state index contributed by atoms with van der Waals surface area (Å²) in [5.74, 6) is -0.0841. The molecule has 1 aliphatic rings. The lowest BCUT2D eigenvalue weighted by Crippen LogP contribution is -2.40. The molecule has 0 bridgehead atoms. The van der Waals surface area contributed by atoms with Gasteiger partial charge in [-0.15, -0.1) is 29.9 Å². The lowest BCUT2D eigenvalue weighted by molar-refractivity contribution is 0.0734. The standard InChI is InChI=1S/C18H20N6O.2ClH/c1-12-17(18(25)23-9-3-5-15(23)11-19)21-22-24(12)14-6-7-16-13(10-14)4-2-8-20-16;;/h2,4,6-8,10,15H,3,5,9,11,19H2,1H3;2*1H. The highest BCUT2D eigenvalue weighted by Gasteiger charge is 2.31. The third kappa shape index (κ3) is 3.76. The van der Waals surface area contributed by atoms with E-state index in [2.05, 4.69) is 15.3 Å². The van der Waals surface area contributed by atoms with Crippen molar-refractivity contribution in [1.82, 2.24) is 24.9 Å². The van der Waals surface area contributed by atoms with E-state index in [4.69, 9.17) is 5.73 Å². The van der Waals surface area contributed by atoms with Gasteiger partial charge in [-0.3, -0.25) is 9.78 Å². The first-order valence-corrected chi connectivity index (χ1v) is 8.47. The van der Waals surface area contributed by atoms with E-state index in [9.17, 15) is 4.79 Å². The van der Waals surface area contributed by atoms with Crippen molar-refractivity contribution >= 4 is 41.6 Å². The summed E-state index contributed by atoms with van der Waals surface area (Å²) in [4.78, 5) is 19.0. The second-order valence-electron chi connectivity index (χ2n) is 6.35. The molecule has 1 aromatic carbocycles. The van der Waals surface area contributed by atoms with Gasteiger partial charge in [-0.2, -0.15) is 0 Å².